The molecule has 2 amide bonds. The van der Waals surface area contributed by atoms with Crippen molar-refractivity contribution in [2.75, 3.05) is 29.4 Å². The van der Waals surface area contributed by atoms with Crippen molar-refractivity contribution < 1.29 is 19.8 Å². The Hall–Kier alpha value is -3.07. The predicted octanol–water partition coefficient (Wildman–Crippen LogP) is 2.07. The number of hydrogen-bond donors (Lipinski definition) is 3. The van der Waals surface area contributed by atoms with Gasteiger partial charge in [0.15, 0.2) is 0 Å². The van der Waals surface area contributed by atoms with Crippen LogP contribution in [0.25, 0.3) is 11.1 Å². The highest BCUT2D eigenvalue weighted by molar-refractivity contribution is 6.00. The number of aromatic nitrogens is 2. The standard InChI is InChI=1S/C17H19N5O4/c1-10-8-20(16(23)24)15-4-11(2-3-14(15)22(10)17(25)26)12-5-19-21(9-12)13-6-18-7-13/h2-5,9-10,13,18H,6-8H2,1H3,(H,23,24)(H,25,26)/t10-/m0/s1. The maximum Gasteiger partial charge on any atom is 0.412 e. The number of carbonyl (C=O) groups is 2. The lowest BCUT2D eigenvalue weighted by molar-refractivity contribution is 0.194. The van der Waals surface area contributed by atoms with E-state index in [9.17, 15) is 19.8 Å². The van der Waals surface area contributed by atoms with Gasteiger partial charge >= 0.3 is 12.2 Å². The van der Waals surface area contributed by atoms with Crippen LogP contribution in [-0.2, 0) is 0 Å². The first-order valence-electron chi connectivity index (χ1n) is 8.37. The Morgan fingerprint density at radius 2 is 1.92 bits per heavy atom. The molecule has 9 nitrogen and oxygen atoms in total. The lowest BCUT2D eigenvalue weighted by atomic mass is 10.0. The first-order valence-corrected chi connectivity index (χ1v) is 8.37. The summed E-state index contributed by atoms with van der Waals surface area (Å²) in [5, 5.41) is 26.6. The van der Waals surface area contributed by atoms with Crippen LogP contribution in [0.3, 0.4) is 0 Å². The predicted molar refractivity (Wildman–Crippen MR) is 94.9 cm³/mol. The van der Waals surface area contributed by atoms with Gasteiger partial charge in [-0.25, -0.2) is 9.59 Å². The number of amides is 2. The molecule has 2 aliphatic rings. The fourth-order valence-electron chi connectivity index (χ4n) is 3.42. The molecule has 0 saturated carbocycles. The van der Waals surface area contributed by atoms with Gasteiger partial charge in [0.25, 0.3) is 0 Å². The van der Waals surface area contributed by atoms with Gasteiger partial charge in [0, 0.05) is 24.8 Å². The molecule has 1 saturated heterocycles. The first-order chi connectivity index (χ1) is 12.5. The molecule has 9 heteroatoms. The van der Waals surface area contributed by atoms with E-state index in [1.807, 2.05) is 10.9 Å². The van der Waals surface area contributed by atoms with E-state index in [-0.39, 0.29) is 6.54 Å². The van der Waals surface area contributed by atoms with E-state index in [1.54, 1.807) is 31.3 Å². The summed E-state index contributed by atoms with van der Waals surface area (Å²) in [4.78, 5) is 25.7. The largest absolute Gasteiger partial charge is 0.465 e. The summed E-state index contributed by atoms with van der Waals surface area (Å²) in [6.45, 7) is 3.54. The second-order valence-electron chi connectivity index (χ2n) is 6.62. The highest BCUT2D eigenvalue weighted by Crippen LogP contribution is 2.38. The summed E-state index contributed by atoms with van der Waals surface area (Å²) >= 11 is 0. The maximum atomic E-state index is 11.7. The van der Waals surface area contributed by atoms with Crippen LogP contribution >= 0.6 is 0 Å². The fraction of sp³-hybridized carbons (Fsp3) is 0.353. The molecule has 3 N–H and O–H groups in total. The third-order valence-electron chi connectivity index (χ3n) is 4.92. The van der Waals surface area contributed by atoms with Gasteiger partial charge in [0.05, 0.1) is 36.2 Å². The molecule has 26 heavy (non-hydrogen) atoms. The Labute approximate surface area is 149 Å². The first kappa shape index (κ1) is 16.4. The summed E-state index contributed by atoms with van der Waals surface area (Å²) in [6, 6.07) is 5.04. The molecule has 1 fully saturated rings. The lowest BCUT2D eigenvalue weighted by Gasteiger charge is -2.38. The molecule has 2 aromatic rings. The average Bonchev–Trinajstić information content (AvgIpc) is 3.00. The molecule has 0 unspecified atom stereocenters. The van der Waals surface area contributed by atoms with E-state index >= 15 is 0 Å². The van der Waals surface area contributed by atoms with Crippen LogP contribution in [0.1, 0.15) is 13.0 Å². The van der Waals surface area contributed by atoms with Gasteiger partial charge in [-0.15, -0.1) is 0 Å². The normalized spacial score (nSPS) is 19.8. The monoisotopic (exact) mass is 357 g/mol. The molecule has 0 bridgehead atoms. The van der Waals surface area contributed by atoms with Gasteiger partial charge in [-0.1, -0.05) is 6.07 Å². The van der Waals surface area contributed by atoms with Crippen LogP contribution < -0.4 is 15.1 Å². The van der Waals surface area contributed by atoms with Crippen molar-refractivity contribution >= 4 is 23.6 Å². The summed E-state index contributed by atoms with van der Waals surface area (Å²) in [7, 11) is 0. The molecule has 2 aliphatic heterocycles. The number of nitrogens with zero attached hydrogens (tertiary/aromatic N) is 4. The minimum Gasteiger partial charge on any atom is -0.465 e. The Balaban J connectivity index is 1.75. The molecule has 1 atom stereocenters. The van der Waals surface area contributed by atoms with Gasteiger partial charge < -0.3 is 15.5 Å². The van der Waals surface area contributed by atoms with Crippen LogP contribution in [-0.4, -0.2) is 57.9 Å². The summed E-state index contributed by atoms with van der Waals surface area (Å²) < 4.78 is 1.89. The number of hydrogen-bond acceptors (Lipinski definition) is 4. The highest BCUT2D eigenvalue weighted by Gasteiger charge is 2.35. The molecule has 3 heterocycles. The van der Waals surface area contributed by atoms with E-state index in [2.05, 4.69) is 10.4 Å². The lowest BCUT2D eigenvalue weighted by Crippen LogP contribution is -2.51. The van der Waals surface area contributed by atoms with Crippen molar-refractivity contribution in [1.82, 2.24) is 15.1 Å². The van der Waals surface area contributed by atoms with Crippen LogP contribution in [0.2, 0.25) is 0 Å². The zero-order valence-corrected chi connectivity index (χ0v) is 14.2. The maximum absolute atomic E-state index is 11.7. The SMILES string of the molecule is C[C@H]1CN(C(=O)O)c2cc(-c3cnn(C4CNC4)c3)ccc2N1C(=O)O. The minimum atomic E-state index is -1.10. The van der Waals surface area contributed by atoms with E-state index in [1.165, 1.54) is 9.80 Å². The number of rotatable bonds is 2. The fourth-order valence-corrected chi connectivity index (χ4v) is 3.42. The number of carboxylic acid groups (broad SMARTS) is 2. The minimum absolute atomic E-state index is 0.0884. The topological polar surface area (TPSA) is 111 Å². The van der Waals surface area contributed by atoms with Crippen LogP contribution in [0.5, 0.6) is 0 Å². The van der Waals surface area contributed by atoms with Gasteiger partial charge in [-0.05, 0) is 24.6 Å². The van der Waals surface area contributed by atoms with E-state index in [0.29, 0.717) is 17.4 Å². The molecule has 1 aromatic carbocycles. The summed E-state index contributed by atoms with van der Waals surface area (Å²) in [5.74, 6) is 0. The molecule has 1 aromatic heterocycles. The molecular weight excluding hydrogens is 338 g/mol. The Morgan fingerprint density at radius 3 is 2.54 bits per heavy atom. The number of fused-ring (bicyclic) bond motifs is 1. The van der Waals surface area contributed by atoms with Crippen molar-refractivity contribution in [3.63, 3.8) is 0 Å². The second-order valence-corrected chi connectivity index (χ2v) is 6.62. The quantitative estimate of drug-likeness (QED) is 0.759. The van der Waals surface area contributed by atoms with Crippen LogP contribution in [0.15, 0.2) is 30.6 Å². The molecule has 0 aliphatic carbocycles. The zero-order valence-electron chi connectivity index (χ0n) is 14.2. The van der Waals surface area contributed by atoms with Gasteiger partial charge in [0.2, 0.25) is 0 Å². The third-order valence-corrected chi connectivity index (χ3v) is 4.92. The molecule has 136 valence electrons. The molecule has 0 radical (unpaired) electrons. The van der Waals surface area contributed by atoms with E-state index < -0.39 is 18.2 Å². The second kappa shape index (κ2) is 6.03. The van der Waals surface area contributed by atoms with Crippen LogP contribution in [0, 0.1) is 0 Å². The van der Waals surface area contributed by atoms with Crippen molar-refractivity contribution in [2.45, 2.75) is 19.0 Å². The number of nitrogens with one attached hydrogen (secondary N) is 1. The molecule has 4 rings (SSSR count). The smallest absolute Gasteiger partial charge is 0.412 e. The third kappa shape index (κ3) is 2.57. The molecule has 0 spiro atoms. The summed E-state index contributed by atoms with van der Waals surface area (Å²) in [5.41, 5.74) is 2.41. The van der Waals surface area contributed by atoms with Gasteiger partial charge in [0.1, 0.15) is 0 Å². The Morgan fingerprint density at radius 1 is 1.15 bits per heavy atom. The summed E-state index contributed by atoms with van der Waals surface area (Å²) in [6.07, 6.45) is 1.48. The van der Waals surface area contributed by atoms with Crippen molar-refractivity contribution in [3.05, 3.63) is 30.6 Å². The number of benzene rings is 1. The highest BCUT2D eigenvalue weighted by atomic mass is 16.4. The van der Waals surface area contributed by atoms with Gasteiger partial charge in [-0.2, -0.15) is 5.10 Å². The number of anilines is 2. The zero-order chi connectivity index (χ0) is 18.4. The van der Waals surface area contributed by atoms with E-state index in [0.717, 1.165) is 24.2 Å². The van der Waals surface area contributed by atoms with Gasteiger partial charge in [-0.3, -0.25) is 14.5 Å². The van der Waals surface area contributed by atoms with E-state index in [4.69, 9.17) is 0 Å². The Bertz CT molecular complexity index is 876. The van der Waals surface area contributed by atoms with Crippen molar-refractivity contribution in [1.29, 1.82) is 0 Å². The van der Waals surface area contributed by atoms with Crippen molar-refractivity contribution in [3.8, 4) is 11.1 Å². The molecular formula is C17H19N5O4. The average molecular weight is 357 g/mol. The van der Waals surface area contributed by atoms with Crippen LogP contribution in [0.4, 0.5) is 21.0 Å². The van der Waals surface area contributed by atoms with Crippen molar-refractivity contribution in [2.24, 2.45) is 0 Å². The Kier molecular flexibility index (Phi) is 3.80.